The average Bonchev–Trinajstić information content (AvgIpc) is 2.43. The van der Waals surface area contributed by atoms with Crippen molar-refractivity contribution in [3.05, 3.63) is 0 Å². The van der Waals surface area contributed by atoms with Gasteiger partial charge in [0.2, 0.25) is 11.9 Å². The summed E-state index contributed by atoms with van der Waals surface area (Å²) in [6, 6.07) is 0. The molecule has 1 saturated heterocycles. The minimum absolute atomic E-state index is 0.129. The Bertz CT molecular complexity index is 305. The molecular formula is C9H14N4O2. The first-order chi connectivity index (χ1) is 7.25. The molecule has 2 rings (SSSR count). The second-order valence-corrected chi connectivity index (χ2v) is 3.64. The fourth-order valence-electron chi connectivity index (χ4n) is 1.70. The number of nitrogens with zero attached hydrogens (tertiary/aromatic N) is 2. The summed E-state index contributed by atoms with van der Waals surface area (Å²) in [5, 5.41) is 5.88. The van der Waals surface area contributed by atoms with Crippen molar-refractivity contribution in [3.63, 3.8) is 0 Å². The lowest BCUT2D eigenvalue weighted by atomic mass is 10.3. The summed E-state index contributed by atoms with van der Waals surface area (Å²) >= 11 is 0. The highest BCUT2D eigenvalue weighted by molar-refractivity contribution is 6.13. The molecule has 2 aliphatic heterocycles. The van der Waals surface area contributed by atoms with Crippen molar-refractivity contribution in [3.8, 4) is 0 Å². The first-order valence-corrected chi connectivity index (χ1v) is 5.13. The van der Waals surface area contributed by atoms with Gasteiger partial charge in [-0.05, 0) is 13.0 Å². The largest absolute Gasteiger partial charge is 0.341 e. The van der Waals surface area contributed by atoms with Gasteiger partial charge in [-0.1, -0.05) is 0 Å². The predicted octanol–water partition coefficient (Wildman–Crippen LogP) is -1.32. The van der Waals surface area contributed by atoms with Crippen LogP contribution in [-0.4, -0.2) is 48.9 Å². The molecule has 0 aromatic heterocycles. The van der Waals surface area contributed by atoms with E-state index in [9.17, 15) is 9.59 Å². The number of nitrogens with one attached hydrogen (secondary N) is 2. The highest BCUT2D eigenvalue weighted by atomic mass is 16.2. The molecule has 6 heteroatoms. The fourth-order valence-corrected chi connectivity index (χ4v) is 1.70. The zero-order valence-corrected chi connectivity index (χ0v) is 8.45. The van der Waals surface area contributed by atoms with Crippen molar-refractivity contribution >= 4 is 17.8 Å². The lowest BCUT2D eigenvalue weighted by Crippen LogP contribution is -2.48. The van der Waals surface area contributed by atoms with Crippen LogP contribution in [0.15, 0.2) is 4.99 Å². The van der Waals surface area contributed by atoms with Crippen LogP contribution in [0, 0.1) is 0 Å². The van der Waals surface area contributed by atoms with Crippen molar-refractivity contribution in [1.29, 1.82) is 0 Å². The number of hydrogen-bond donors (Lipinski definition) is 2. The minimum Gasteiger partial charge on any atom is -0.341 e. The van der Waals surface area contributed by atoms with Crippen LogP contribution >= 0.6 is 0 Å². The van der Waals surface area contributed by atoms with Crippen molar-refractivity contribution in [2.24, 2.45) is 4.99 Å². The second kappa shape index (κ2) is 4.39. The molecule has 0 aromatic rings. The molecule has 2 N–H and O–H groups in total. The Morgan fingerprint density at radius 2 is 2.07 bits per heavy atom. The van der Waals surface area contributed by atoms with Gasteiger partial charge in [-0.15, -0.1) is 0 Å². The molecule has 0 spiro atoms. The molecule has 0 atom stereocenters. The SMILES string of the molecule is O=C1CC(=O)NC(N2CCCNCC2)=N1. The van der Waals surface area contributed by atoms with Gasteiger partial charge in [-0.3, -0.25) is 14.9 Å². The molecule has 0 bridgehead atoms. The molecule has 82 valence electrons. The number of rotatable bonds is 0. The smallest absolute Gasteiger partial charge is 0.258 e. The second-order valence-electron chi connectivity index (χ2n) is 3.64. The van der Waals surface area contributed by atoms with Gasteiger partial charge in [0.05, 0.1) is 0 Å². The first-order valence-electron chi connectivity index (χ1n) is 5.13. The predicted molar refractivity (Wildman–Crippen MR) is 54.3 cm³/mol. The Balaban J connectivity index is 2.07. The van der Waals surface area contributed by atoms with E-state index < -0.39 is 0 Å². The molecule has 0 saturated carbocycles. The average molecular weight is 210 g/mol. The highest BCUT2D eigenvalue weighted by Gasteiger charge is 2.22. The molecule has 2 amide bonds. The third-order valence-electron chi connectivity index (χ3n) is 2.43. The Morgan fingerprint density at radius 3 is 2.87 bits per heavy atom. The molecule has 2 aliphatic rings. The number of carbonyl (C=O) groups is 2. The molecule has 0 aromatic carbocycles. The van der Waals surface area contributed by atoms with Crippen LogP contribution in [0.25, 0.3) is 0 Å². The molecule has 15 heavy (non-hydrogen) atoms. The number of guanidine groups is 1. The van der Waals surface area contributed by atoms with E-state index in [0.717, 1.165) is 32.6 Å². The van der Waals surface area contributed by atoms with E-state index in [1.165, 1.54) is 0 Å². The highest BCUT2D eigenvalue weighted by Crippen LogP contribution is 2.01. The van der Waals surface area contributed by atoms with Crippen LogP contribution in [0.1, 0.15) is 12.8 Å². The lowest BCUT2D eigenvalue weighted by molar-refractivity contribution is -0.127. The van der Waals surface area contributed by atoms with E-state index in [-0.39, 0.29) is 18.2 Å². The van der Waals surface area contributed by atoms with Crippen molar-refractivity contribution in [2.75, 3.05) is 26.2 Å². The van der Waals surface area contributed by atoms with Crippen molar-refractivity contribution in [2.45, 2.75) is 12.8 Å². The van der Waals surface area contributed by atoms with Gasteiger partial charge in [-0.25, -0.2) is 0 Å². The van der Waals surface area contributed by atoms with E-state index in [4.69, 9.17) is 0 Å². The van der Waals surface area contributed by atoms with Crippen LogP contribution in [0.2, 0.25) is 0 Å². The van der Waals surface area contributed by atoms with Crippen molar-refractivity contribution < 1.29 is 9.59 Å². The van der Waals surface area contributed by atoms with Crippen LogP contribution in [0.3, 0.4) is 0 Å². The molecule has 0 aliphatic carbocycles. The summed E-state index contributed by atoms with van der Waals surface area (Å²) in [5.41, 5.74) is 0. The van der Waals surface area contributed by atoms with Crippen molar-refractivity contribution in [1.82, 2.24) is 15.5 Å². The van der Waals surface area contributed by atoms with Gasteiger partial charge in [0.15, 0.2) is 0 Å². The van der Waals surface area contributed by atoms with Gasteiger partial charge < -0.3 is 10.2 Å². The van der Waals surface area contributed by atoms with Gasteiger partial charge in [0.1, 0.15) is 6.42 Å². The normalized spacial score (nSPS) is 23.2. The maximum Gasteiger partial charge on any atom is 0.258 e. The number of hydrogen-bond acceptors (Lipinski definition) is 4. The van der Waals surface area contributed by atoms with E-state index in [1.54, 1.807) is 0 Å². The molecule has 6 nitrogen and oxygen atoms in total. The van der Waals surface area contributed by atoms with Crippen LogP contribution in [0.5, 0.6) is 0 Å². The Labute approximate surface area is 87.7 Å². The van der Waals surface area contributed by atoms with E-state index in [2.05, 4.69) is 15.6 Å². The Hall–Kier alpha value is -1.43. The Kier molecular flexibility index (Phi) is 2.96. The summed E-state index contributed by atoms with van der Waals surface area (Å²) in [6.45, 7) is 3.40. The van der Waals surface area contributed by atoms with Crippen LogP contribution < -0.4 is 10.6 Å². The maximum atomic E-state index is 11.2. The van der Waals surface area contributed by atoms with Crippen LogP contribution in [-0.2, 0) is 9.59 Å². The topological polar surface area (TPSA) is 73.8 Å². The zero-order valence-electron chi connectivity index (χ0n) is 8.45. The molecule has 0 radical (unpaired) electrons. The summed E-state index contributed by atoms with van der Waals surface area (Å²) in [5.74, 6) is -0.201. The first kappa shape index (κ1) is 10.1. The van der Waals surface area contributed by atoms with Crippen LogP contribution in [0.4, 0.5) is 0 Å². The van der Waals surface area contributed by atoms with Gasteiger partial charge in [-0.2, -0.15) is 4.99 Å². The third kappa shape index (κ3) is 2.53. The molecule has 0 unspecified atom stereocenters. The number of aliphatic imine (C=N–C) groups is 1. The molecule has 2 heterocycles. The maximum absolute atomic E-state index is 11.2. The zero-order chi connectivity index (χ0) is 10.7. The van der Waals surface area contributed by atoms with Gasteiger partial charge in [0, 0.05) is 19.6 Å². The summed E-state index contributed by atoms with van der Waals surface area (Å²) < 4.78 is 0. The number of carbonyl (C=O) groups excluding carboxylic acids is 2. The third-order valence-corrected chi connectivity index (χ3v) is 2.43. The van der Waals surface area contributed by atoms with E-state index >= 15 is 0 Å². The summed E-state index contributed by atoms with van der Waals surface area (Å²) in [4.78, 5) is 28.1. The molecule has 1 fully saturated rings. The van der Waals surface area contributed by atoms with E-state index in [1.807, 2.05) is 4.90 Å². The fraction of sp³-hybridized carbons (Fsp3) is 0.667. The lowest BCUT2D eigenvalue weighted by Gasteiger charge is -2.25. The Morgan fingerprint density at radius 1 is 1.20 bits per heavy atom. The minimum atomic E-state index is -0.356. The number of amides is 2. The van der Waals surface area contributed by atoms with Gasteiger partial charge in [0.25, 0.3) is 5.91 Å². The van der Waals surface area contributed by atoms with Gasteiger partial charge >= 0.3 is 0 Å². The summed E-state index contributed by atoms with van der Waals surface area (Å²) in [7, 11) is 0. The van der Waals surface area contributed by atoms with E-state index in [0.29, 0.717) is 5.96 Å². The monoisotopic (exact) mass is 210 g/mol. The summed E-state index contributed by atoms with van der Waals surface area (Å²) in [6.07, 6.45) is 0.860. The standard InChI is InChI=1S/C9H14N4O2/c14-7-6-8(15)12-9(11-7)13-4-1-2-10-3-5-13/h10H,1-6H2,(H,11,12,14,15). The quantitative estimate of drug-likeness (QED) is 0.487. The molecular weight excluding hydrogens is 196 g/mol.